The molecule has 1 amide bonds. The molecule has 1 aromatic heterocycles. The minimum Gasteiger partial charge on any atom is -0.378 e. The number of carbonyl (C=O) groups is 1. The Morgan fingerprint density at radius 2 is 2.00 bits per heavy atom. The van der Waals surface area contributed by atoms with Gasteiger partial charge < -0.3 is 10.1 Å². The van der Waals surface area contributed by atoms with Gasteiger partial charge >= 0.3 is 0 Å². The van der Waals surface area contributed by atoms with E-state index in [-0.39, 0.29) is 29.0 Å². The summed E-state index contributed by atoms with van der Waals surface area (Å²) in [5.41, 5.74) is 0.968. The number of nitrogens with zero attached hydrogens (tertiary/aromatic N) is 1. The molecular formula is C17H27N3O3. The molecular weight excluding hydrogens is 294 g/mol. The molecule has 0 aromatic carbocycles. The van der Waals surface area contributed by atoms with Gasteiger partial charge in [0.25, 0.3) is 11.5 Å². The van der Waals surface area contributed by atoms with Crippen LogP contribution < -0.4 is 10.9 Å². The van der Waals surface area contributed by atoms with Crippen LogP contribution >= 0.6 is 0 Å². The molecule has 0 radical (unpaired) electrons. The van der Waals surface area contributed by atoms with Crippen LogP contribution in [0.4, 0.5) is 0 Å². The van der Waals surface area contributed by atoms with E-state index in [0.717, 1.165) is 19.3 Å². The normalized spacial score (nSPS) is 22.5. The predicted molar refractivity (Wildman–Crippen MR) is 88.6 cm³/mol. The first-order valence-corrected chi connectivity index (χ1v) is 8.39. The SMILES string of the molecule is CCO[C@H]1C[C@H](NC(=O)c2c(C)c(C)n[nH]c2=O)C1(CC)CC. The second kappa shape index (κ2) is 6.83. The first-order valence-electron chi connectivity index (χ1n) is 8.39. The second-order valence-electron chi connectivity index (χ2n) is 6.28. The Labute approximate surface area is 137 Å². The van der Waals surface area contributed by atoms with E-state index in [1.807, 2.05) is 6.92 Å². The largest absolute Gasteiger partial charge is 0.378 e. The zero-order chi connectivity index (χ0) is 17.2. The number of aromatic nitrogens is 2. The summed E-state index contributed by atoms with van der Waals surface area (Å²) in [4.78, 5) is 24.6. The maximum Gasteiger partial charge on any atom is 0.277 e. The molecule has 6 heteroatoms. The van der Waals surface area contributed by atoms with Crippen molar-refractivity contribution in [2.24, 2.45) is 5.41 Å². The number of hydrogen-bond donors (Lipinski definition) is 2. The van der Waals surface area contributed by atoms with Crippen LogP contribution in [0.15, 0.2) is 4.79 Å². The first-order chi connectivity index (χ1) is 10.9. The summed E-state index contributed by atoms with van der Waals surface area (Å²) in [6.07, 6.45) is 2.84. The van der Waals surface area contributed by atoms with Crippen molar-refractivity contribution in [3.63, 3.8) is 0 Å². The van der Waals surface area contributed by atoms with E-state index in [0.29, 0.717) is 17.9 Å². The van der Waals surface area contributed by atoms with Gasteiger partial charge in [0.05, 0.1) is 11.8 Å². The van der Waals surface area contributed by atoms with Crippen molar-refractivity contribution in [1.29, 1.82) is 0 Å². The molecule has 2 N–H and O–H groups in total. The van der Waals surface area contributed by atoms with Gasteiger partial charge in [0.2, 0.25) is 0 Å². The Morgan fingerprint density at radius 3 is 2.57 bits per heavy atom. The standard InChI is InChI=1S/C17H27N3O3/c1-6-17(7-2)12(9-13(17)23-8-3)18-15(21)14-10(4)11(5)19-20-16(14)22/h12-13H,6-9H2,1-5H3,(H,18,21)(H,20,22)/t12-,13-/m0/s1. The molecule has 6 nitrogen and oxygen atoms in total. The molecule has 1 aliphatic carbocycles. The number of H-pyrrole nitrogens is 1. The number of hydrogen-bond acceptors (Lipinski definition) is 4. The van der Waals surface area contributed by atoms with Crippen LogP contribution in [0.25, 0.3) is 0 Å². The summed E-state index contributed by atoms with van der Waals surface area (Å²) in [5.74, 6) is -0.319. The highest BCUT2D eigenvalue weighted by Crippen LogP contribution is 2.48. The molecule has 1 saturated carbocycles. The zero-order valence-electron chi connectivity index (χ0n) is 14.7. The van der Waals surface area contributed by atoms with Crippen LogP contribution in [0.5, 0.6) is 0 Å². The molecule has 1 aromatic rings. The Kier molecular flexibility index (Phi) is 5.24. The Bertz CT molecular complexity index is 634. The third kappa shape index (κ3) is 2.92. The summed E-state index contributed by atoms with van der Waals surface area (Å²) in [6.45, 7) is 10.5. The van der Waals surface area contributed by atoms with E-state index in [2.05, 4.69) is 29.4 Å². The van der Waals surface area contributed by atoms with Crippen molar-refractivity contribution in [2.75, 3.05) is 6.61 Å². The third-order valence-corrected chi connectivity index (χ3v) is 5.47. The lowest BCUT2D eigenvalue weighted by molar-refractivity contribution is -0.134. The highest BCUT2D eigenvalue weighted by atomic mass is 16.5. The molecule has 0 bridgehead atoms. The Morgan fingerprint density at radius 1 is 1.35 bits per heavy atom. The molecule has 0 aliphatic heterocycles. The fourth-order valence-electron chi connectivity index (χ4n) is 3.71. The van der Waals surface area contributed by atoms with Gasteiger partial charge in [-0.2, -0.15) is 5.10 Å². The molecule has 1 fully saturated rings. The minimum atomic E-state index is -0.440. The van der Waals surface area contributed by atoms with Gasteiger partial charge in [-0.1, -0.05) is 13.8 Å². The van der Waals surface area contributed by atoms with E-state index >= 15 is 0 Å². The van der Waals surface area contributed by atoms with Crippen LogP contribution in [0, 0.1) is 19.3 Å². The maximum absolute atomic E-state index is 12.6. The molecule has 128 valence electrons. The highest BCUT2D eigenvalue weighted by molar-refractivity contribution is 5.95. The van der Waals surface area contributed by atoms with Gasteiger partial charge in [-0.3, -0.25) is 9.59 Å². The molecule has 2 atom stereocenters. The summed E-state index contributed by atoms with van der Waals surface area (Å²) in [5, 5.41) is 9.34. The Balaban J connectivity index is 2.21. The van der Waals surface area contributed by atoms with Crippen molar-refractivity contribution in [2.45, 2.75) is 66.0 Å². The molecule has 0 unspecified atom stereocenters. The number of rotatable bonds is 6. The molecule has 0 spiro atoms. The number of nitrogens with one attached hydrogen (secondary N) is 2. The topological polar surface area (TPSA) is 84.1 Å². The maximum atomic E-state index is 12.6. The van der Waals surface area contributed by atoms with Gasteiger partial charge in [0.1, 0.15) is 5.56 Å². The smallest absolute Gasteiger partial charge is 0.277 e. The fraction of sp³-hybridized carbons (Fsp3) is 0.706. The van der Waals surface area contributed by atoms with Crippen LogP contribution in [-0.2, 0) is 4.74 Å². The summed E-state index contributed by atoms with van der Waals surface area (Å²) >= 11 is 0. The van der Waals surface area contributed by atoms with Crippen molar-refractivity contribution in [1.82, 2.24) is 15.5 Å². The van der Waals surface area contributed by atoms with Crippen molar-refractivity contribution in [3.8, 4) is 0 Å². The number of amides is 1. The summed E-state index contributed by atoms with van der Waals surface area (Å²) < 4.78 is 5.83. The van der Waals surface area contributed by atoms with Crippen molar-refractivity contribution >= 4 is 5.91 Å². The van der Waals surface area contributed by atoms with E-state index in [1.165, 1.54) is 0 Å². The molecule has 2 rings (SSSR count). The predicted octanol–water partition coefficient (Wildman–Crippen LogP) is 2.10. The van der Waals surface area contributed by atoms with Gasteiger partial charge in [0, 0.05) is 18.1 Å². The average Bonchev–Trinajstić information content (AvgIpc) is 2.51. The van der Waals surface area contributed by atoms with Crippen LogP contribution in [0.2, 0.25) is 0 Å². The van der Waals surface area contributed by atoms with Crippen LogP contribution in [-0.4, -0.2) is 34.9 Å². The second-order valence-corrected chi connectivity index (χ2v) is 6.28. The van der Waals surface area contributed by atoms with E-state index in [1.54, 1.807) is 13.8 Å². The van der Waals surface area contributed by atoms with Crippen molar-refractivity contribution in [3.05, 3.63) is 27.2 Å². The van der Waals surface area contributed by atoms with Gasteiger partial charge in [-0.25, -0.2) is 5.10 Å². The minimum absolute atomic E-state index is 0.0359. The van der Waals surface area contributed by atoms with Crippen molar-refractivity contribution < 1.29 is 9.53 Å². The van der Waals surface area contributed by atoms with E-state index < -0.39 is 5.56 Å². The number of ether oxygens (including phenoxy) is 1. The van der Waals surface area contributed by atoms with Crippen LogP contribution in [0.1, 0.15) is 61.6 Å². The lowest BCUT2D eigenvalue weighted by Crippen LogP contribution is -2.64. The third-order valence-electron chi connectivity index (χ3n) is 5.47. The first kappa shape index (κ1) is 17.7. The van der Waals surface area contributed by atoms with Gasteiger partial charge in [0.15, 0.2) is 0 Å². The molecule has 1 aliphatic rings. The average molecular weight is 321 g/mol. The molecule has 0 saturated heterocycles. The van der Waals surface area contributed by atoms with E-state index in [4.69, 9.17) is 4.74 Å². The number of aryl methyl sites for hydroxylation is 1. The van der Waals surface area contributed by atoms with E-state index in [9.17, 15) is 9.59 Å². The van der Waals surface area contributed by atoms with Gasteiger partial charge in [-0.15, -0.1) is 0 Å². The quantitative estimate of drug-likeness (QED) is 0.840. The van der Waals surface area contributed by atoms with Crippen LogP contribution in [0.3, 0.4) is 0 Å². The van der Waals surface area contributed by atoms with Gasteiger partial charge in [-0.05, 0) is 45.6 Å². The molecule has 1 heterocycles. The monoisotopic (exact) mass is 321 g/mol. The number of aromatic amines is 1. The molecule has 23 heavy (non-hydrogen) atoms. The zero-order valence-corrected chi connectivity index (χ0v) is 14.7. The summed E-state index contributed by atoms with van der Waals surface area (Å²) in [6, 6.07) is 0.0359. The fourth-order valence-corrected chi connectivity index (χ4v) is 3.71. The Hall–Kier alpha value is -1.69. The lowest BCUT2D eigenvalue weighted by atomic mass is 9.58. The highest BCUT2D eigenvalue weighted by Gasteiger charge is 2.54. The number of carbonyl (C=O) groups excluding carboxylic acids is 1. The summed E-state index contributed by atoms with van der Waals surface area (Å²) in [7, 11) is 0. The lowest BCUT2D eigenvalue weighted by Gasteiger charge is -2.55.